The van der Waals surface area contributed by atoms with Gasteiger partial charge in [-0.1, -0.05) is 58.0 Å². The van der Waals surface area contributed by atoms with Crippen LogP contribution in [0.25, 0.3) is 44.1 Å². The standard InChI is InChI=1S/C57H63BN2/c1-28-24-45-46(57(16,17)23-22-56(45,14)15)27-43(28)41-25-44-50-36(9)34(7)35(8)49-42-20-18-19-21-47(42)60(55(49)50)58-51-37(10)30(3)33(6)40(13)54(51)59(48(26-41)52(44)58)53-38(11)31(4)29(2)32(5)39(53)12/h18-21,24-27H,22-23H2,1-17H3. The first-order chi connectivity index (χ1) is 28.2. The number of hydrogen-bond acceptors (Lipinski definition) is 1. The minimum Gasteiger partial charge on any atom is -0.375 e. The predicted octanol–water partition coefficient (Wildman–Crippen LogP) is 14.2. The minimum absolute atomic E-state index is 0.0160. The number of aryl methyl sites for hydroxylation is 2. The lowest BCUT2D eigenvalue weighted by molar-refractivity contribution is 0.332. The molecule has 1 aliphatic carbocycles. The van der Waals surface area contributed by atoms with E-state index in [0.29, 0.717) is 0 Å². The molecule has 3 aliphatic rings. The topological polar surface area (TPSA) is 8.17 Å². The van der Waals surface area contributed by atoms with Gasteiger partial charge in [0.2, 0.25) is 0 Å². The molecule has 0 unspecified atom stereocenters. The number of anilines is 3. The van der Waals surface area contributed by atoms with Crippen LogP contribution in [0.15, 0.2) is 48.5 Å². The van der Waals surface area contributed by atoms with E-state index in [1.807, 2.05) is 0 Å². The van der Waals surface area contributed by atoms with E-state index in [1.165, 1.54) is 168 Å². The fraction of sp³-hybridized carbons (Fsp3) is 0.368. The van der Waals surface area contributed by atoms with Crippen molar-refractivity contribution in [1.29, 1.82) is 0 Å². The van der Waals surface area contributed by atoms with Crippen molar-refractivity contribution < 1.29 is 0 Å². The highest BCUT2D eigenvalue weighted by Gasteiger charge is 2.47. The van der Waals surface area contributed by atoms with Gasteiger partial charge in [-0.3, -0.25) is 0 Å². The first-order valence-electron chi connectivity index (χ1n) is 22.5. The highest BCUT2D eigenvalue weighted by molar-refractivity contribution is 6.90. The number of hydrogen-bond donors (Lipinski definition) is 0. The van der Waals surface area contributed by atoms with Crippen LogP contribution >= 0.6 is 0 Å². The van der Waals surface area contributed by atoms with Crippen molar-refractivity contribution >= 4 is 56.6 Å². The molecule has 0 saturated carbocycles. The molecule has 2 aliphatic heterocycles. The van der Waals surface area contributed by atoms with Crippen molar-refractivity contribution in [1.82, 2.24) is 4.48 Å². The number of nitrogens with zero attached hydrogens (tertiary/aromatic N) is 2. The van der Waals surface area contributed by atoms with E-state index >= 15 is 0 Å². The van der Waals surface area contributed by atoms with Crippen LogP contribution in [-0.2, 0) is 10.8 Å². The predicted molar refractivity (Wildman–Crippen MR) is 262 cm³/mol. The van der Waals surface area contributed by atoms with Gasteiger partial charge in [-0.05, 0) is 243 Å². The van der Waals surface area contributed by atoms with Crippen LogP contribution in [-0.4, -0.2) is 11.3 Å². The molecule has 0 bridgehead atoms. The third-order valence-electron chi connectivity index (χ3n) is 17.1. The molecular formula is C57H63BN2. The summed E-state index contributed by atoms with van der Waals surface area (Å²) in [7, 11) is 0. The van der Waals surface area contributed by atoms with Gasteiger partial charge in [0.1, 0.15) is 0 Å². The van der Waals surface area contributed by atoms with Crippen molar-refractivity contribution in [2.24, 2.45) is 0 Å². The highest BCUT2D eigenvalue weighted by atomic mass is 15.2. The Bertz CT molecular complexity index is 3100. The van der Waals surface area contributed by atoms with E-state index < -0.39 is 0 Å². The van der Waals surface area contributed by atoms with E-state index in [1.54, 1.807) is 0 Å². The second-order valence-electron chi connectivity index (χ2n) is 20.8. The first-order valence-corrected chi connectivity index (χ1v) is 22.5. The molecule has 0 amide bonds. The van der Waals surface area contributed by atoms with Crippen molar-refractivity contribution in [3.8, 4) is 22.3 Å². The summed E-state index contributed by atoms with van der Waals surface area (Å²) in [5.74, 6) is 0. The molecule has 304 valence electrons. The Kier molecular flexibility index (Phi) is 8.17. The summed E-state index contributed by atoms with van der Waals surface area (Å²) in [5, 5.41) is 2.77. The minimum atomic E-state index is 0.0160. The monoisotopic (exact) mass is 787 g/mol. The lowest BCUT2D eigenvalue weighted by Gasteiger charge is -2.45. The van der Waals surface area contributed by atoms with Gasteiger partial charge in [0.05, 0.1) is 5.69 Å². The molecule has 6 aromatic carbocycles. The number of benzene rings is 6. The van der Waals surface area contributed by atoms with Gasteiger partial charge < -0.3 is 9.38 Å². The summed E-state index contributed by atoms with van der Waals surface area (Å²) >= 11 is 0. The number of fused-ring (bicyclic) bond motifs is 8. The van der Waals surface area contributed by atoms with Crippen LogP contribution < -0.4 is 15.8 Å². The highest BCUT2D eigenvalue weighted by Crippen LogP contribution is 2.53. The lowest BCUT2D eigenvalue weighted by atomic mass is 9.43. The van der Waals surface area contributed by atoms with Gasteiger partial charge in [-0.2, -0.15) is 0 Å². The van der Waals surface area contributed by atoms with Crippen LogP contribution in [0.4, 0.5) is 17.1 Å². The van der Waals surface area contributed by atoms with E-state index in [4.69, 9.17) is 0 Å². The molecule has 0 saturated heterocycles. The van der Waals surface area contributed by atoms with Gasteiger partial charge in [-0.15, -0.1) is 0 Å². The van der Waals surface area contributed by atoms with Crippen LogP contribution in [0.2, 0.25) is 0 Å². The molecule has 3 heterocycles. The van der Waals surface area contributed by atoms with Gasteiger partial charge in [0.25, 0.3) is 0 Å². The quantitative estimate of drug-likeness (QED) is 0.158. The van der Waals surface area contributed by atoms with Crippen molar-refractivity contribution in [3.63, 3.8) is 0 Å². The van der Waals surface area contributed by atoms with Crippen LogP contribution in [0.3, 0.4) is 0 Å². The molecule has 10 rings (SSSR count). The molecule has 0 atom stereocenters. The molecule has 0 spiro atoms. The van der Waals surface area contributed by atoms with Crippen molar-refractivity contribution in [3.05, 3.63) is 132 Å². The lowest BCUT2D eigenvalue weighted by Crippen LogP contribution is -2.58. The van der Waals surface area contributed by atoms with E-state index in [9.17, 15) is 0 Å². The molecule has 0 N–H and O–H groups in total. The van der Waals surface area contributed by atoms with E-state index in [0.717, 1.165) is 0 Å². The zero-order valence-electron chi connectivity index (χ0n) is 39.5. The maximum Gasteiger partial charge on any atom is 0.333 e. The smallest absolute Gasteiger partial charge is 0.333 e. The second-order valence-corrected chi connectivity index (χ2v) is 20.8. The second kappa shape index (κ2) is 12.5. The summed E-state index contributed by atoms with van der Waals surface area (Å²) in [6.07, 6.45) is 2.41. The number of aromatic nitrogens is 1. The molecule has 2 nitrogen and oxygen atoms in total. The van der Waals surface area contributed by atoms with Gasteiger partial charge in [0.15, 0.2) is 0 Å². The molecule has 0 fully saturated rings. The summed E-state index contributed by atoms with van der Waals surface area (Å²) in [6.45, 7) is 40.6. The maximum absolute atomic E-state index is 2.78. The van der Waals surface area contributed by atoms with Crippen molar-refractivity contribution in [2.75, 3.05) is 4.90 Å². The Morgan fingerprint density at radius 2 is 1.03 bits per heavy atom. The number of rotatable bonds is 2. The average molecular weight is 787 g/mol. The van der Waals surface area contributed by atoms with Gasteiger partial charge >= 0.3 is 6.85 Å². The fourth-order valence-electron chi connectivity index (χ4n) is 12.3. The SMILES string of the molecule is Cc1cc2c(cc1-c1cc3c4c(c1)N(c1c(C)c(C)c(C)c(C)c1C)c1c(C)c(C)c(C)c(C)c1B4n1c4ccccc4c4c(C)c(C)c(C)c-3c41)C(C)(C)CCC2(C)C. The normalized spacial score (nSPS) is 15.8. The zero-order chi connectivity index (χ0) is 43.0. The first kappa shape index (κ1) is 39.1. The Labute approximate surface area is 360 Å². The summed E-state index contributed by atoms with van der Waals surface area (Å²) in [6, 6.07) is 19.7. The summed E-state index contributed by atoms with van der Waals surface area (Å²) in [5.41, 5.74) is 36.5. The zero-order valence-corrected chi connectivity index (χ0v) is 39.5. The fourth-order valence-corrected chi connectivity index (χ4v) is 12.3. The molecule has 60 heavy (non-hydrogen) atoms. The molecule has 7 aromatic rings. The van der Waals surface area contributed by atoms with E-state index in [2.05, 4.69) is 176 Å². The Morgan fingerprint density at radius 3 is 1.67 bits per heavy atom. The van der Waals surface area contributed by atoms with Crippen LogP contribution in [0.1, 0.15) is 124 Å². The van der Waals surface area contributed by atoms with Gasteiger partial charge in [0, 0.05) is 38.7 Å². The third kappa shape index (κ3) is 4.79. The molecular weight excluding hydrogens is 723 g/mol. The number of para-hydroxylation sites is 1. The van der Waals surface area contributed by atoms with Crippen LogP contribution in [0, 0.1) is 90.0 Å². The molecule has 3 heteroatoms. The summed E-state index contributed by atoms with van der Waals surface area (Å²) in [4.78, 5) is 2.76. The third-order valence-corrected chi connectivity index (χ3v) is 17.1. The Hall–Kier alpha value is -5.02. The largest absolute Gasteiger partial charge is 0.375 e. The summed E-state index contributed by atoms with van der Waals surface area (Å²) < 4.78 is 2.78. The Balaban J connectivity index is 1.46. The van der Waals surface area contributed by atoms with Gasteiger partial charge in [-0.25, -0.2) is 0 Å². The molecule has 1 aromatic heterocycles. The Morgan fingerprint density at radius 1 is 0.500 bits per heavy atom. The van der Waals surface area contributed by atoms with Crippen molar-refractivity contribution in [2.45, 2.75) is 141 Å². The maximum atomic E-state index is 2.78. The average Bonchev–Trinajstić information content (AvgIpc) is 3.56. The van der Waals surface area contributed by atoms with Crippen LogP contribution in [0.5, 0.6) is 0 Å². The van der Waals surface area contributed by atoms with E-state index in [-0.39, 0.29) is 17.7 Å². The molecule has 0 radical (unpaired) electrons.